The largest absolute Gasteiger partial charge is 0.508 e. The van der Waals surface area contributed by atoms with Crippen molar-refractivity contribution in [1.82, 2.24) is 0 Å². The molecule has 1 heterocycles. The zero-order valence-corrected chi connectivity index (χ0v) is 11.9. The van der Waals surface area contributed by atoms with Crippen molar-refractivity contribution in [3.8, 4) is 0 Å². The first kappa shape index (κ1) is 15.1. The molecule has 2 rings (SSSR count). The molecule has 0 aliphatic carbocycles. The highest BCUT2D eigenvalue weighted by Crippen LogP contribution is 2.19. The van der Waals surface area contributed by atoms with Gasteiger partial charge in [-0.15, -0.1) is 0 Å². The summed E-state index contributed by atoms with van der Waals surface area (Å²) in [6.45, 7) is 2.30. The van der Waals surface area contributed by atoms with Gasteiger partial charge in [0.1, 0.15) is 19.3 Å². The fraction of sp³-hybridized carbons (Fsp3) is 0.375. The van der Waals surface area contributed by atoms with Crippen LogP contribution < -0.4 is 0 Å². The van der Waals surface area contributed by atoms with E-state index in [1.807, 2.05) is 37.3 Å². The van der Waals surface area contributed by atoms with Crippen molar-refractivity contribution in [2.45, 2.75) is 19.4 Å². The van der Waals surface area contributed by atoms with Crippen LogP contribution in [-0.2, 0) is 19.0 Å². The van der Waals surface area contributed by atoms with Crippen LogP contribution in [-0.4, -0.2) is 31.4 Å². The number of benzene rings is 1. The van der Waals surface area contributed by atoms with Gasteiger partial charge in [-0.05, 0) is 18.1 Å². The van der Waals surface area contributed by atoms with E-state index in [0.29, 0.717) is 6.42 Å². The Morgan fingerprint density at radius 1 is 1.38 bits per heavy atom. The molecule has 0 amide bonds. The molecule has 2 atom stereocenters. The number of carbonyl (C=O) groups is 2. The summed E-state index contributed by atoms with van der Waals surface area (Å²) in [6.07, 6.45) is 2.81. The van der Waals surface area contributed by atoms with Gasteiger partial charge in [-0.3, -0.25) is 0 Å². The van der Waals surface area contributed by atoms with Crippen molar-refractivity contribution >= 4 is 18.2 Å². The lowest BCUT2D eigenvalue weighted by atomic mass is 10.0. The van der Waals surface area contributed by atoms with Gasteiger partial charge in [0.2, 0.25) is 0 Å². The molecule has 0 bridgehead atoms. The van der Waals surface area contributed by atoms with Gasteiger partial charge in [0.05, 0.1) is 5.92 Å². The Kier molecular flexibility index (Phi) is 5.37. The minimum atomic E-state index is -0.659. The monoisotopic (exact) mass is 290 g/mol. The first-order chi connectivity index (χ1) is 10.2. The molecule has 1 fully saturated rings. The lowest BCUT2D eigenvalue weighted by Gasteiger charge is -2.29. The molecular formula is C16H18O5. The molecule has 2 unspecified atom stereocenters. The lowest BCUT2D eigenvalue weighted by Crippen LogP contribution is -2.39. The molecule has 1 aromatic rings. The Morgan fingerprint density at radius 3 is 2.86 bits per heavy atom. The molecule has 0 radical (unpaired) electrons. The fourth-order valence-electron chi connectivity index (χ4n) is 2.07. The number of ether oxygens (including phenoxy) is 3. The summed E-state index contributed by atoms with van der Waals surface area (Å²) in [5, 5.41) is 0. The number of hydrogen-bond donors (Lipinski definition) is 0. The van der Waals surface area contributed by atoms with E-state index in [1.54, 1.807) is 6.08 Å². The molecule has 0 saturated carbocycles. The maximum Gasteiger partial charge on any atom is 0.508 e. The van der Waals surface area contributed by atoms with Crippen molar-refractivity contribution in [3.05, 3.63) is 42.0 Å². The Labute approximate surface area is 123 Å². The fourth-order valence-corrected chi connectivity index (χ4v) is 2.07. The van der Waals surface area contributed by atoms with E-state index in [0.717, 1.165) is 5.56 Å². The summed E-state index contributed by atoms with van der Waals surface area (Å²) in [5.74, 6) is -0.549. The van der Waals surface area contributed by atoms with Crippen molar-refractivity contribution in [1.29, 1.82) is 0 Å². The van der Waals surface area contributed by atoms with Crippen LogP contribution in [0.1, 0.15) is 18.9 Å². The van der Waals surface area contributed by atoms with Crippen molar-refractivity contribution in [2.75, 3.05) is 13.2 Å². The average molecular weight is 290 g/mol. The van der Waals surface area contributed by atoms with E-state index < -0.39 is 12.1 Å². The number of esters is 1. The highest BCUT2D eigenvalue weighted by molar-refractivity contribution is 5.87. The first-order valence-corrected chi connectivity index (χ1v) is 6.92. The molecule has 1 aliphatic rings. The summed E-state index contributed by atoms with van der Waals surface area (Å²) < 4.78 is 15.0. The molecule has 1 saturated heterocycles. The second-order valence-electron chi connectivity index (χ2n) is 4.76. The van der Waals surface area contributed by atoms with E-state index in [2.05, 4.69) is 0 Å². The van der Waals surface area contributed by atoms with Crippen LogP contribution in [0, 0.1) is 5.92 Å². The highest BCUT2D eigenvalue weighted by atomic mass is 16.7. The van der Waals surface area contributed by atoms with Gasteiger partial charge in [-0.2, -0.15) is 0 Å². The van der Waals surface area contributed by atoms with E-state index in [-0.39, 0.29) is 25.2 Å². The third kappa shape index (κ3) is 4.63. The van der Waals surface area contributed by atoms with Crippen LogP contribution in [0.3, 0.4) is 0 Å². The third-order valence-corrected chi connectivity index (χ3v) is 3.24. The standard InChI is InChI=1S/C16H18O5/c1-2-14-13(11-20-16(18)21-14)10-19-15(17)9-8-12-6-4-3-5-7-12/h3-9,13-14H,2,10-11H2,1H3/b9-8+. The van der Waals surface area contributed by atoms with Gasteiger partial charge in [-0.1, -0.05) is 37.3 Å². The quantitative estimate of drug-likeness (QED) is 0.616. The van der Waals surface area contributed by atoms with Crippen LogP contribution in [0.15, 0.2) is 36.4 Å². The Bertz CT molecular complexity index is 509. The number of rotatable bonds is 5. The second-order valence-corrected chi connectivity index (χ2v) is 4.76. The molecule has 21 heavy (non-hydrogen) atoms. The molecule has 0 N–H and O–H groups in total. The minimum Gasteiger partial charge on any atom is -0.462 e. The molecule has 0 aromatic heterocycles. The first-order valence-electron chi connectivity index (χ1n) is 6.92. The molecule has 1 aromatic carbocycles. The van der Waals surface area contributed by atoms with Gasteiger partial charge in [0.25, 0.3) is 0 Å². The minimum absolute atomic E-state index is 0.123. The zero-order chi connectivity index (χ0) is 15.1. The number of carbonyl (C=O) groups excluding carboxylic acids is 2. The molecule has 5 heteroatoms. The SMILES string of the molecule is CCC1OC(=O)OCC1COC(=O)/C=C/c1ccccc1. The van der Waals surface area contributed by atoms with Crippen molar-refractivity contribution < 1.29 is 23.8 Å². The highest BCUT2D eigenvalue weighted by Gasteiger charge is 2.31. The smallest absolute Gasteiger partial charge is 0.462 e. The summed E-state index contributed by atoms with van der Waals surface area (Å²) in [5.41, 5.74) is 0.927. The Hall–Kier alpha value is -2.30. The maximum atomic E-state index is 11.7. The molecule has 0 spiro atoms. The summed E-state index contributed by atoms with van der Waals surface area (Å²) in [7, 11) is 0. The predicted octanol–water partition coefficient (Wildman–Crippen LogP) is 2.80. The van der Waals surface area contributed by atoms with Gasteiger partial charge < -0.3 is 14.2 Å². The predicted molar refractivity (Wildman–Crippen MR) is 76.4 cm³/mol. The Balaban J connectivity index is 1.81. The molecule has 5 nitrogen and oxygen atoms in total. The lowest BCUT2D eigenvalue weighted by molar-refractivity contribution is -0.143. The topological polar surface area (TPSA) is 61.8 Å². The van der Waals surface area contributed by atoms with Gasteiger partial charge in [0.15, 0.2) is 0 Å². The third-order valence-electron chi connectivity index (χ3n) is 3.24. The maximum absolute atomic E-state index is 11.7. The van der Waals surface area contributed by atoms with Gasteiger partial charge in [-0.25, -0.2) is 9.59 Å². The van der Waals surface area contributed by atoms with E-state index in [4.69, 9.17) is 14.2 Å². The van der Waals surface area contributed by atoms with Gasteiger partial charge in [0, 0.05) is 6.08 Å². The summed E-state index contributed by atoms with van der Waals surface area (Å²) in [4.78, 5) is 22.7. The second kappa shape index (κ2) is 7.47. The van der Waals surface area contributed by atoms with Gasteiger partial charge >= 0.3 is 12.1 Å². The normalized spacial score (nSPS) is 21.7. The average Bonchev–Trinajstić information content (AvgIpc) is 2.52. The van der Waals surface area contributed by atoms with Crippen LogP contribution in [0.25, 0.3) is 6.08 Å². The van der Waals surface area contributed by atoms with E-state index >= 15 is 0 Å². The summed E-state index contributed by atoms with van der Waals surface area (Å²) >= 11 is 0. The number of hydrogen-bond acceptors (Lipinski definition) is 5. The Morgan fingerprint density at radius 2 is 2.14 bits per heavy atom. The van der Waals surface area contributed by atoms with Crippen molar-refractivity contribution in [2.24, 2.45) is 5.92 Å². The van der Waals surface area contributed by atoms with Crippen LogP contribution in [0.2, 0.25) is 0 Å². The molecule has 1 aliphatic heterocycles. The van der Waals surface area contributed by atoms with E-state index in [1.165, 1.54) is 6.08 Å². The van der Waals surface area contributed by atoms with Crippen molar-refractivity contribution in [3.63, 3.8) is 0 Å². The molecular weight excluding hydrogens is 272 g/mol. The van der Waals surface area contributed by atoms with Crippen LogP contribution in [0.4, 0.5) is 4.79 Å². The van der Waals surface area contributed by atoms with Crippen LogP contribution >= 0.6 is 0 Å². The molecule has 112 valence electrons. The summed E-state index contributed by atoms with van der Waals surface area (Å²) in [6, 6.07) is 9.48. The van der Waals surface area contributed by atoms with E-state index in [9.17, 15) is 9.59 Å². The zero-order valence-electron chi connectivity index (χ0n) is 11.9. The number of cyclic esters (lactones) is 2. The van der Waals surface area contributed by atoms with Crippen LogP contribution in [0.5, 0.6) is 0 Å².